The summed E-state index contributed by atoms with van der Waals surface area (Å²) in [6.45, 7) is 6.26. The van der Waals surface area contributed by atoms with Gasteiger partial charge in [0.05, 0.1) is 6.54 Å². The van der Waals surface area contributed by atoms with E-state index in [2.05, 4.69) is 53.0 Å². The Labute approximate surface area is 172 Å². The number of hydrogen-bond acceptors (Lipinski definition) is 3. The predicted octanol–water partition coefficient (Wildman–Crippen LogP) is 2.97. The summed E-state index contributed by atoms with van der Waals surface area (Å²) in [6.07, 6.45) is 2.24. The summed E-state index contributed by atoms with van der Waals surface area (Å²) in [7, 11) is 1.77. The molecule has 0 aromatic heterocycles. The van der Waals surface area contributed by atoms with Crippen molar-refractivity contribution in [2.75, 3.05) is 32.1 Å². The Morgan fingerprint density at radius 2 is 1.83 bits per heavy atom. The highest BCUT2D eigenvalue weighted by Crippen LogP contribution is 2.26. The molecule has 1 aliphatic rings. The summed E-state index contributed by atoms with van der Waals surface area (Å²) in [5.41, 5.74) is 5.94. The second-order valence-electron chi connectivity index (χ2n) is 7.39. The maximum Gasteiger partial charge on any atom is 0.224 e. The first-order valence-corrected chi connectivity index (χ1v) is 10.1. The molecule has 29 heavy (non-hydrogen) atoms. The second-order valence-corrected chi connectivity index (χ2v) is 7.39. The molecule has 0 unspecified atom stereocenters. The summed E-state index contributed by atoms with van der Waals surface area (Å²) >= 11 is 0. The molecule has 0 aliphatic carbocycles. The van der Waals surface area contributed by atoms with E-state index in [4.69, 9.17) is 4.74 Å². The molecule has 154 valence electrons. The van der Waals surface area contributed by atoms with Gasteiger partial charge < -0.3 is 20.7 Å². The standard InChI is InChI=1S/C23H30N4O2/c1-16-12-17(2)14-18(13-16)8-9-25-23(24-3)26-10-11-29-20-5-6-21-19(15-20)4-7-22(28)27-21/h5-6,12-15H,4,7-11H2,1-3H3,(H,27,28)(H2,24,25,26). The smallest absolute Gasteiger partial charge is 0.224 e. The van der Waals surface area contributed by atoms with Crippen molar-refractivity contribution in [3.05, 3.63) is 58.7 Å². The number of benzene rings is 2. The number of carbonyl (C=O) groups is 1. The number of ether oxygens (including phenoxy) is 1. The molecule has 1 heterocycles. The van der Waals surface area contributed by atoms with Crippen LogP contribution in [0.4, 0.5) is 5.69 Å². The van der Waals surface area contributed by atoms with Crippen molar-refractivity contribution >= 4 is 17.6 Å². The van der Waals surface area contributed by atoms with Crippen molar-refractivity contribution in [2.45, 2.75) is 33.1 Å². The van der Waals surface area contributed by atoms with Gasteiger partial charge in [-0.2, -0.15) is 0 Å². The van der Waals surface area contributed by atoms with Crippen LogP contribution in [-0.4, -0.2) is 38.6 Å². The number of hydrogen-bond donors (Lipinski definition) is 3. The molecule has 0 radical (unpaired) electrons. The summed E-state index contributed by atoms with van der Waals surface area (Å²) in [5.74, 6) is 1.66. The Bertz CT molecular complexity index is 872. The molecule has 1 aliphatic heterocycles. The summed E-state index contributed by atoms with van der Waals surface area (Å²) in [5, 5.41) is 9.50. The molecule has 0 spiro atoms. The van der Waals surface area contributed by atoms with Crippen LogP contribution < -0.4 is 20.7 Å². The summed E-state index contributed by atoms with van der Waals surface area (Å²) < 4.78 is 5.84. The first-order chi connectivity index (χ1) is 14.0. The SMILES string of the molecule is CN=C(NCCOc1ccc2c(c1)CCC(=O)N2)NCCc1cc(C)cc(C)c1. The number of fused-ring (bicyclic) bond motifs is 1. The number of carbonyl (C=O) groups excluding carboxylic acids is 1. The van der Waals surface area contributed by atoms with Crippen LogP contribution in [0.25, 0.3) is 0 Å². The molecule has 1 amide bonds. The third-order valence-electron chi connectivity index (χ3n) is 4.85. The predicted molar refractivity (Wildman–Crippen MR) is 118 cm³/mol. The highest BCUT2D eigenvalue weighted by molar-refractivity contribution is 5.94. The third-order valence-corrected chi connectivity index (χ3v) is 4.85. The lowest BCUT2D eigenvalue weighted by Gasteiger charge is -2.18. The van der Waals surface area contributed by atoms with Crippen LogP contribution in [0.15, 0.2) is 41.4 Å². The number of amides is 1. The molecule has 0 bridgehead atoms. The van der Waals surface area contributed by atoms with Gasteiger partial charge in [0.25, 0.3) is 0 Å². The summed E-state index contributed by atoms with van der Waals surface area (Å²) in [4.78, 5) is 15.7. The minimum Gasteiger partial charge on any atom is -0.492 e. The Balaban J connectivity index is 1.38. The van der Waals surface area contributed by atoms with Gasteiger partial charge in [-0.15, -0.1) is 0 Å². The Kier molecular flexibility index (Phi) is 7.11. The molecule has 0 saturated carbocycles. The van der Waals surface area contributed by atoms with Gasteiger partial charge in [0, 0.05) is 25.7 Å². The largest absolute Gasteiger partial charge is 0.492 e. The highest BCUT2D eigenvalue weighted by Gasteiger charge is 2.14. The molecule has 2 aromatic carbocycles. The van der Waals surface area contributed by atoms with Crippen LogP contribution in [0.1, 0.15) is 28.7 Å². The van der Waals surface area contributed by atoms with Crippen LogP contribution >= 0.6 is 0 Å². The van der Waals surface area contributed by atoms with Crippen LogP contribution in [0.2, 0.25) is 0 Å². The van der Waals surface area contributed by atoms with Crippen LogP contribution in [0, 0.1) is 13.8 Å². The quantitative estimate of drug-likeness (QED) is 0.383. The minimum absolute atomic E-state index is 0.0757. The zero-order valence-corrected chi connectivity index (χ0v) is 17.5. The topological polar surface area (TPSA) is 74.8 Å². The lowest BCUT2D eigenvalue weighted by Crippen LogP contribution is -2.40. The maximum absolute atomic E-state index is 11.4. The van der Waals surface area contributed by atoms with E-state index in [0.29, 0.717) is 19.6 Å². The Hall–Kier alpha value is -3.02. The van der Waals surface area contributed by atoms with E-state index in [1.54, 1.807) is 7.05 Å². The van der Waals surface area contributed by atoms with E-state index in [-0.39, 0.29) is 5.91 Å². The Morgan fingerprint density at radius 1 is 1.07 bits per heavy atom. The lowest BCUT2D eigenvalue weighted by molar-refractivity contribution is -0.116. The number of aryl methyl sites for hydroxylation is 3. The molecule has 2 aromatic rings. The van der Waals surface area contributed by atoms with Gasteiger partial charge in [-0.05, 0) is 56.0 Å². The fourth-order valence-corrected chi connectivity index (χ4v) is 3.55. The van der Waals surface area contributed by atoms with Crippen molar-refractivity contribution in [1.82, 2.24) is 10.6 Å². The van der Waals surface area contributed by atoms with Gasteiger partial charge in [-0.1, -0.05) is 29.3 Å². The molecule has 0 fully saturated rings. The maximum atomic E-state index is 11.4. The minimum atomic E-state index is 0.0757. The van der Waals surface area contributed by atoms with Gasteiger partial charge in [-0.25, -0.2) is 0 Å². The molecule has 0 saturated heterocycles. The van der Waals surface area contributed by atoms with Gasteiger partial charge in [-0.3, -0.25) is 9.79 Å². The first-order valence-electron chi connectivity index (χ1n) is 10.1. The zero-order chi connectivity index (χ0) is 20.6. The molecular weight excluding hydrogens is 364 g/mol. The van der Waals surface area contributed by atoms with Crippen molar-refractivity contribution in [3.63, 3.8) is 0 Å². The summed E-state index contributed by atoms with van der Waals surface area (Å²) in [6, 6.07) is 12.4. The van der Waals surface area contributed by atoms with E-state index in [0.717, 1.165) is 42.3 Å². The van der Waals surface area contributed by atoms with Gasteiger partial charge in [0.15, 0.2) is 5.96 Å². The fourth-order valence-electron chi connectivity index (χ4n) is 3.55. The second kappa shape index (κ2) is 9.96. The van der Waals surface area contributed by atoms with Crippen molar-refractivity contribution in [3.8, 4) is 5.75 Å². The van der Waals surface area contributed by atoms with Gasteiger partial charge in [0.1, 0.15) is 12.4 Å². The van der Waals surface area contributed by atoms with Crippen LogP contribution in [0.5, 0.6) is 5.75 Å². The molecule has 6 heteroatoms. The molecule has 6 nitrogen and oxygen atoms in total. The van der Waals surface area contributed by atoms with Crippen LogP contribution in [-0.2, 0) is 17.6 Å². The average molecular weight is 395 g/mol. The molecule has 0 atom stereocenters. The van der Waals surface area contributed by atoms with E-state index >= 15 is 0 Å². The molecule has 3 rings (SSSR count). The highest BCUT2D eigenvalue weighted by atomic mass is 16.5. The Morgan fingerprint density at radius 3 is 2.59 bits per heavy atom. The number of nitrogens with zero attached hydrogens (tertiary/aromatic N) is 1. The molecule has 3 N–H and O–H groups in total. The van der Waals surface area contributed by atoms with Crippen molar-refractivity contribution in [1.29, 1.82) is 0 Å². The number of rotatable bonds is 7. The van der Waals surface area contributed by atoms with E-state index in [1.165, 1.54) is 16.7 Å². The van der Waals surface area contributed by atoms with Crippen LogP contribution in [0.3, 0.4) is 0 Å². The third kappa shape index (κ3) is 6.24. The number of anilines is 1. The van der Waals surface area contributed by atoms with E-state index < -0.39 is 0 Å². The first kappa shape index (κ1) is 20.7. The zero-order valence-electron chi connectivity index (χ0n) is 17.5. The van der Waals surface area contributed by atoms with Gasteiger partial charge >= 0.3 is 0 Å². The number of aliphatic imine (C=N–C) groups is 1. The normalized spacial score (nSPS) is 13.5. The average Bonchev–Trinajstić information content (AvgIpc) is 2.69. The number of nitrogens with one attached hydrogen (secondary N) is 3. The van der Waals surface area contributed by atoms with E-state index in [9.17, 15) is 4.79 Å². The van der Waals surface area contributed by atoms with Gasteiger partial charge in [0.2, 0.25) is 5.91 Å². The number of guanidine groups is 1. The molecular formula is C23H30N4O2. The monoisotopic (exact) mass is 394 g/mol. The van der Waals surface area contributed by atoms with Crippen molar-refractivity contribution < 1.29 is 9.53 Å². The van der Waals surface area contributed by atoms with E-state index in [1.807, 2.05) is 18.2 Å². The fraction of sp³-hybridized carbons (Fsp3) is 0.391. The lowest BCUT2D eigenvalue weighted by atomic mass is 10.0. The van der Waals surface area contributed by atoms with Crippen molar-refractivity contribution in [2.24, 2.45) is 4.99 Å².